The SMILES string of the molecule is O=C(NCC(=O)N1CCC([C@H](O)c2ccccc2)CC1)c1ccco1. The Hall–Kier alpha value is -2.60. The fourth-order valence-electron chi connectivity index (χ4n) is 3.15. The highest BCUT2D eigenvalue weighted by Crippen LogP contribution is 2.30. The van der Waals surface area contributed by atoms with Crippen LogP contribution in [0.3, 0.4) is 0 Å². The van der Waals surface area contributed by atoms with Gasteiger partial charge in [-0.15, -0.1) is 0 Å². The highest BCUT2D eigenvalue weighted by Gasteiger charge is 2.28. The molecule has 1 aliphatic rings. The van der Waals surface area contributed by atoms with E-state index in [1.165, 1.54) is 6.26 Å². The third kappa shape index (κ3) is 4.28. The molecular formula is C19H22N2O4. The average molecular weight is 342 g/mol. The summed E-state index contributed by atoms with van der Waals surface area (Å²) < 4.78 is 4.99. The number of nitrogens with one attached hydrogen (secondary N) is 1. The topological polar surface area (TPSA) is 82.8 Å². The first-order valence-corrected chi connectivity index (χ1v) is 8.47. The van der Waals surface area contributed by atoms with Crippen molar-refractivity contribution in [1.29, 1.82) is 0 Å². The Morgan fingerprint density at radius 3 is 2.52 bits per heavy atom. The summed E-state index contributed by atoms with van der Waals surface area (Å²) in [6.07, 6.45) is 2.40. The number of likely N-dealkylation sites (tertiary alicyclic amines) is 1. The molecule has 1 aliphatic heterocycles. The molecule has 0 spiro atoms. The van der Waals surface area contributed by atoms with Crippen LogP contribution in [0.2, 0.25) is 0 Å². The van der Waals surface area contributed by atoms with Crippen molar-refractivity contribution in [2.24, 2.45) is 5.92 Å². The lowest BCUT2D eigenvalue weighted by Gasteiger charge is -2.34. The number of carbonyl (C=O) groups excluding carboxylic acids is 2. The molecule has 2 amide bonds. The minimum atomic E-state index is -0.503. The average Bonchev–Trinajstić information content (AvgIpc) is 3.21. The molecule has 3 rings (SSSR count). The molecule has 1 atom stereocenters. The molecule has 0 radical (unpaired) electrons. The molecule has 6 nitrogen and oxygen atoms in total. The normalized spacial score (nSPS) is 16.4. The van der Waals surface area contributed by atoms with E-state index in [4.69, 9.17) is 4.42 Å². The molecule has 132 valence electrons. The maximum atomic E-state index is 12.2. The number of benzene rings is 1. The van der Waals surface area contributed by atoms with Crippen molar-refractivity contribution in [3.8, 4) is 0 Å². The molecule has 1 aromatic carbocycles. The molecule has 1 saturated heterocycles. The summed E-state index contributed by atoms with van der Waals surface area (Å²) in [5.74, 6) is -0.179. The van der Waals surface area contributed by atoms with Crippen LogP contribution in [0.1, 0.15) is 35.1 Å². The van der Waals surface area contributed by atoms with Crippen LogP contribution in [0.4, 0.5) is 0 Å². The van der Waals surface area contributed by atoms with Crippen molar-refractivity contribution in [3.05, 3.63) is 60.1 Å². The molecule has 0 unspecified atom stereocenters. The summed E-state index contributed by atoms with van der Waals surface area (Å²) in [6.45, 7) is 1.12. The van der Waals surface area contributed by atoms with Gasteiger partial charge in [-0.25, -0.2) is 0 Å². The second-order valence-electron chi connectivity index (χ2n) is 6.23. The van der Waals surface area contributed by atoms with Gasteiger partial charge in [0.25, 0.3) is 5.91 Å². The van der Waals surface area contributed by atoms with E-state index in [-0.39, 0.29) is 24.1 Å². The van der Waals surface area contributed by atoms with Crippen molar-refractivity contribution < 1.29 is 19.1 Å². The quantitative estimate of drug-likeness (QED) is 0.870. The van der Waals surface area contributed by atoms with Crippen LogP contribution < -0.4 is 5.32 Å². The van der Waals surface area contributed by atoms with Gasteiger partial charge in [0.2, 0.25) is 5.91 Å². The summed E-state index contributed by atoms with van der Waals surface area (Å²) in [5, 5.41) is 13.0. The number of hydrogen-bond acceptors (Lipinski definition) is 4. The van der Waals surface area contributed by atoms with E-state index in [0.29, 0.717) is 13.1 Å². The molecule has 2 heterocycles. The van der Waals surface area contributed by atoms with Crippen molar-refractivity contribution >= 4 is 11.8 Å². The molecule has 0 bridgehead atoms. The fourth-order valence-corrected chi connectivity index (χ4v) is 3.15. The number of amides is 2. The minimum absolute atomic E-state index is 0.0502. The highest BCUT2D eigenvalue weighted by atomic mass is 16.3. The van der Waals surface area contributed by atoms with Crippen LogP contribution >= 0.6 is 0 Å². The molecule has 2 aromatic rings. The Balaban J connectivity index is 1.45. The summed E-state index contributed by atoms with van der Waals surface area (Å²) >= 11 is 0. The lowest BCUT2D eigenvalue weighted by Crippen LogP contribution is -2.44. The lowest BCUT2D eigenvalue weighted by molar-refractivity contribution is -0.132. The van der Waals surface area contributed by atoms with Crippen molar-refractivity contribution in [2.45, 2.75) is 18.9 Å². The molecule has 6 heteroatoms. The van der Waals surface area contributed by atoms with Gasteiger partial charge in [-0.2, -0.15) is 0 Å². The van der Waals surface area contributed by atoms with Gasteiger partial charge in [0.1, 0.15) is 0 Å². The van der Waals surface area contributed by atoms with E-state index in [9.17, 15) is 14.7 Å². The number of carbonyl (C=O) groups is 2. The second kappa shape index (κ2) is 7.98. The van der Waals surface area contributed by atoms with Gasteiger partial charge >= 0.3 is 0 Å². The summed E-state index contributed by atoms with van der Waals surface area (Å²) in [5.41, 5.74) is 0.915. The van der Waals surface area contributed by atoms with Gasteiger partial charge in [0.15, 0.2) is 5.76 Å². The van der Waals surface area contributed by atoms with Crippen LogP contribution in [-0.2, 0) is 4.79 Å². The second-order valence-corrected chi connectivity index (χ2v) is 6.23. The third-order valence-corrected chi connectivity index (χ3v) is 4.63. The zero-order valence-corrected chi connectivity index (χ0v) is 13.9. The van der Waals surface area contributed by atoms with Gasteiger partial charge < -0.3 is 19.7 Å². The number of aliphatic hydroxyl groups excluding tert-OH is 1. The van der Waals surface area contributed by atoms with Gasteiger partial charge in [-0.1, -0.05) is 30.3 Å². The maximum absolute atomic E-state index is 12.2. The molecule has 25 heavy (non-hydrogen) atoms. The van der Waals surface area contributed by atoms with Crippen LogP contribution in [0, 0.1) is 5.92 Å². The fraction of sp³-hybridized carbons (Fsp3) is 0.368. The van der Waals surface area contributed by atoms with Gasteiger partial charge in [-0.3, -0.25) is 9.59 Å². The standard InChI is InChI=1S/C19H22N2O4/c22-17(13-20-19(24)16-7-4-12-25-16)21-10-8-15(9-11-21)18(23)14-5-2-1-3-6-14/h1-7,12,15,18,23H,8-11,13H2,(H,20,24)/t18-/m1/s1. The molecule has 1 aromatic heterocycles. The number of furan rings is 1. The Labute approximate surface area is 146 Å². The Morgan fingerprint density at radius 2 is 1.88 bits per heavy atom. The van der Waals surface area contributed by atoms with E-state index < -0.39 is 12.0 Å². The van der Waals surface area contributed by atoms with Crippen LogP contribution in [0.5, 0.6) is 0 Å². The molecule has 1 fully saturated rings. The number of nitrogens with zero attached hydrogens (tertiary/aromatic N) is 1. The zero-order valence-electron chi connectivity index (χ0n) is 13.9. The van der Waals surface area contributed by atoms with Gasteiger partial charge in [0, 0.05) is 13.1 Å². The van der Waals surface area contributed by atoms with E-state index >= 15 is 0 Å². The van der Waals surface area contributed by atoms with Crippen LogP contribution in [-0.4, -0.2) is 41.5 Å². The van der Waals surface area contributed by atoms with Crippen molar-refractivity contribution in [1.82, 2.24) is 10.2 Å². The zero-order chi connectivity index (χ0) is 17.6. The molecule has 2 N–H and O–H groups in total. The van der Waals surface area contributed by atoms with Crippen LogP contribution in [0.15, 0.2) is 53.1 Å². The summed E-state index contributed by atoms with van der Waals surface area (Å²) in [6, 6.07) is 12.8. The third-order valence-electron chi connectivity index (χ3n) is 4.63. The van der Waals surface area contributed by atoms with Crippen molar-refractivity contribution in [2.75, 3.05) is 19.6 Å². The predicted octanol–water partition coefficient (Wildman–Crippen LogP) is 1.98. The smallest absolute Gasteiger partial charge is 0.287 e. The Kier molecular flexibility index (Phi) is 5.50. The first kappa shape index (κ1) is 17.2. The number of piperidine rings is 1. The number of rotatable bonds is 5. The number of aliphatic hydroxyl groups is 1. The van der Waals surface area contributed by atoms with E-state index in [1.807, 2.05) is 30.3 Å². The van der Waals surface area contributed by atoms with E-state index in [2.05, 4.69) is 5.32 Å². The Bertz CT molecular complexity index is 691. The molecule has 0 saturated carbocycles. The maximum Gasteiger partial charge on any atom is 0.287 e. The molecular weight excluding hydrogens is 320 g/mol. The monoisotopic (exact) mass is 342 g/mol. The molecule has 0 aliphatic carbocycles. The van der Waals surface area contributed by atoms with E-state index in [0.717, 1.165) is 18.4 Å². The first-order chi connectivity index (χ1) is 12.1. The van der Waals surface area contributed by atoms with Gasteiger partial charge in [-0.05, 0) is 36.5 Å². The van der Waals surface area contributed by atoms with Crippen molar-refractivity contribution in [3.63, 3.8) is 0 Å². The summed E-state index contributed by atoms with van der Waals surface area (Å²) in [4.78, 5) is 25.8. The predicted molar refractivity (Wildman–Crippen MR) is 91.7 cm³/mol. The van der Waals surface area contributed by atoms with Gasteiger partial charge in [0.05, 0.1) is 18.9 Å². The highest BCUT2D eigenvalue weighted by molar-refractivity contribution is 5.94. The Morgan fingerprint density at radius 1 is 1.16 bits per heavy atom. The number of hydrogen-bond donors (Lipinski definition) is 2. The van der Waals surface area contributed by atoms with Crippen LogP contribution in [0.25, 0.3) is 0 Å². The summed E-state index contributed by atoms with van der Waals surface area (Å²) in [7, 11) is 0. The largest absolute Gasteiger partial charge is 0.459 e. The first-order valence-electron chi connectivity index (χ1n) is 8.47. The minimum Gasteiger partial charge on any atom is -0.459 e. The van der Waals surface area contributed by atoms with E-state index in [1.54, 1.807) is 17.0 Å². The lowest BCUT2D eigenvalue weighted by atomic mass is 9.87.